The van der Waals surface area contributed by atoms with E-state index < -0.39 is 18.0 Å². The molecule has 0 fully saturated rings. The molecule has 2 amide bonds. The number of urea groups is 1. The van der Waals surface area contributed by atoms with Crippen molar-refractivity contribution >= 4 is 12.0 Å². The molecule has 0 aliphatic rings. The molecule has 110 valence electrons. The zero-order valence-corrected chi connectivity index (χ0v) is 11.4. The Morgan fingerprint density at radius 2 is 1.90 bits per heavy atom. The first kappa shape index (κ1) is 15.8. The molecule has 0 unspecified atom stereocenters. The number of phenolic OH excluding ortho intramolecular Hbond substituents is 1. The average Bonchev–Trinajstić information content (AvgIpc) is 2.40. The Morgan fingerprint density at radius 1 is 1.25 bits per heavy atom. The summed E-state index contributed by atoms with van der Waals surface area (Å²) in [6, 6.07) is 4.74. The second-order valence-electron chi connectivity index (χ2n) is 4.52. The Labute approximate surface area is 117 Å². The lowest BCUT2D eigenvalue weighted by Crippen LogP contribution is -2.47. The van der Waals surface area contributed by atoms with Crippen molar-refractivity contribution in [2.45, 2.75) is 32.2 Å². The van der Waals surface area contributed by atoms with Gasteiger partial charge in [0.2, 0.25) is 0 Å². The van der Waals surface area contributed by atoms with E-state index in [0.29, 0.717) is 6.54 Å². The van der Waals surface area contributed by atoms with Gasteiger partial charge in [0.25, 0.3) is 0 Å². The van der Waals surface area contributed by atoms with Crippen molar-refractivity contribution in [3.8, 4) is 5.75 Å². The molecule has 0 saturated carbocycles. The van der Waals surface area contributed by atoms with Crippen LogP contribution in [0.4, 0.5) is 4.79 Å². The Hall–Kier alpha value is -2.24. The van der Waals surface area contributed by atoms with Crippen LogP contribution in [-0.4, -0.2) is 34.8 Å². The predicted octanol–water partition coefficient (Wildman–Crippen LogP) is 1.49. The van der Waals surface area contributed by atoms with Gasteiger partial charge in [-0.3, -0.25) is 0 Å². The minimum Gasteiger partial charge on any atom is -0.508 e. The molecule has 6 nitrogen and oxygen atoms in total. The third-order valence-corrected chi connectivity index (χ3v) is 2.80. The minimum absolute atomic E-state index is 0.117. The van der Waals surface area contributed by atoms with Gasteiger partial charge in [-0.05, 0) is 24.1 Å². The lowest BCUT2D eigenvalue weighted by Gasteiger charge is -2.15. The van der Waals surface area contributed by atoms with Crippen molar-refractivity contribution < 1.29 is 19.8 Å². The van der Waals surface area contributed by atoms with Gasteiger partial charge in [-0.1, -0.05) is 25.5 Å². The van der Waals surface area contributed by atoms with Crippen LogP contribution in [0.15, 0.2) is 24.3 Å². The maximum absolute atomic E-state index is 11.6. The van der Waals surface area contributed by atoms with Crippen LogP contribution in [0.3, 0.4) is 0 Å². The highest BCUT2D eigenvalue weighted by molar-refractivity contribution is 5.82. The van der Waals surface area contributed by atoms with Gasteiger partial charge in [0, 0.05) is 13.0 Å². The first-order chi connectivity index (χ1) is 9.52. The summed E-state index contributed by atoms with van der Waals surface area (Å²) < 4.78 is 0. The summed E-state index contributed by atoms with van der Waals surface area (Å²) in [5.41, 5.74) is 0.726. The summed E-state index contributed by atoms with van der Waals surface area (Å²) >= 11 is 0. The molecule has 0 aromatic heterocycles. The van der Waals surface area contributed by atoms with Crippen molar-refractivity contribution in [2.24, 2.45) is 0 Å². The van der Waals surface area contributed by atoms with E-state index in [2.05, 4.69) is 10.6 Å². The number of rotatable bonds is 7. The highest BCUT2D eigenvalue weighted by atomic mass is 16.4. The maximum Gasteiger partial charge on any atom is 0.326 e. The highest BCUT2D eigenvalue weighted by Crippen LogP contribution is 2.11. The third kappa shape index (κ3) is 5.60. The molecule has 0 aliphatic heterocycles. The quantitative estimate of drug-likeness (QED) is 0.569. The molecule has 0 radical (unpaired) electrons. The molecule has 1 aromatic rings. The molecule has 4 N–H and O–H groups in total. The molecule has 0 spiro atoms. The number of nitrogens with one attached hydrogen (secondary N) is 2. The Bertz CT molecular complexity index is 445. The summed E-state index contributed by atoms with van der Waals surface area (Å²) in [6.07, 6.45) is 1.97. The molecule has 0 bridgehead atoms. The number of carbonyl (C=O) groups is 2. The van der Waals surface area contributed by atoms with Crippen LogP contribution in [0, 0.1) is 0 Å². The van der Waals surface area contributed by atoms with Crippen molar-refractivity contribution in [3.63, 3.8) is 0 Å². The van der Waals surface area contributed by atoms with Gasteiger partial charge in [-0.25, -0.2) is 9.59 Å². The van der Waals surface area contributed by atoms with Crippen molar-refractivity contribution in [3.05, 3.63) is 29.8 Å². The van der Waals surface area contributed by atoms with E-state index in [1.807, 2.05) is 6.92 Å². The molecule has 6 heteroatoms. The second-order valence-corrected chi connectivity index (χ2v) is 4.52. The topological polar surface area (TPSA) is 98.7 Å². The van der Waals surface area contributed by atoms with Crippen molar-refractivity contribution in [2.75, 3.05) is 6.54 Å². The zero-order valence-electron chi connectivity index (χ0n) is 11.4. The van der Waals surface area contributed by atoms with Crippen LogP contribution >= 0.6 is 0 Å². The number of hydrogen-bond donors (Lipinski definition) is 4. The SMILES string of the molecule is CCCCNC(=O)N[C@@H](Cc1ccc(O)cc1)C(=O)O. The maximum atomic E-state index is 11.6. The van der Waals surface area contributed by atoms with Crippen LogP contribution < -0.4 is 10.6 Å². The lowest BCUT2D eigenvalue weighted by atomic mass is 10.1. The summed E-state index contributed by atoms with van der Waals surface area (Å²) in [5.74, 6) is -0.977. The molecule has 0 saturated heterocycles. The zero-order chi connectivity index (χ0) is 15.0. The van der Waals surface area contributed by atoms with E-state index in [-0.39, 0.29) is 12.2 Å². The van der Waals surface area contributed by atoms with Gasteiger partial charge in [0.05, 0.1) is 0 Å². The Kier molecular flexibility index (Phi) is 6.36. The van der Waals surface area contributed by atoms with Gasteiger partial charge in [-0.15, -0.1) is 0 Å². The second kappa shape index (κ2) is 8.04. The van der Waals surface area contributed by atoms with Gasteiger partial charge >= 0.3 is 12.0 Å². The normalized spacial score (nSPS) is 11.7. The van der Waals surface area contributed by atoms with E-state index >= 15 is 0 Å². The number of carbonyl (C=O) groups excluding carboxylic acids is 1. The van der Waals surface area contributed by atoms with E-state index in [9.17, 15) is 9.59 Å². The largest absolute Gasteiger partial charge is 0.508 e. The number of aliphatic carboxylic acids is 1. The fourth-order valence-electron chi connectivity index (χ4n) is 1.66. The molecule has 1 atom stereocenters. The van der Waals surface area contributed by atoms with E-state index in [1.54, 1.807) is 12.1 Å². The molecule has 1 rings (SSSR count). The summed E-state index contributed by atoms with van der Waals surface area (Å²) in [4.78, 5) is 22.7. The number of amides is 2. The molecule has 0 aliphatic carbocycles. The Balaban J connectivity index is 2.54. The molecular formula is C14H20N2O4. The van der Waals surface area contributed by atoms with Gasteiger partial charge in [-0.2, -0.15) is 0 Å². The summed E-state index contributed by atoms with van der Waals surface area (Å²) in [7, 11) is 0. The van der Waals surface area contributed by atoms with Gasteiger partial charge < -0.3 is 20.8 Å². The molecule has 1 aromatic carbocycles. The summed E-state index contributed by atoms with van der Waals surface area (Å²) in [5, 5.41) is 23.3. The fourth-order valence-corrected chi connectivity index (χ4v) is 1.66. The number of carboxylic acid groups (broad SMARTS) is 1. The van der Waals surface area contributed by atoms with Crippen LogP contribution in [0.5, 0.6) is 5.75 Å². The standard InChI is InChI=1S/C14H20N2O4/c1-2-3-8-15-14(20)16-12(13(18)19)9-10-4-6-11(17)7-5-10/h4-7,12,17H,2-3,8-9H2,1H3,(H,18,19)(H2,15,16,20)/t12-/m0/s1. The number of phenols is 1. The number of carboxylic acids is 1. The van der Waals surface area contributed by atoms with E-state index in [0.717, 1.165) is 18.4 Å². The minimum atomic E-state index is -1.09. The monoisotopic (exact) mass is 280 g/mol. The van der Waals surface area contributed by atoms with Gasteiger partial charge in [0.15, 0.2) is 0 Å². The van der Waals surface area contributed by atoms with Crippen LogP contribution in [-0.2, 0) is 11.2 Å². The van der Waals surface area contributed by atoms with Crippen molar-refractivity contribution in [1.82, 2.24) is 10.6 Å². The predicted molar refractivity (Wildman–Crippen MR) is 74.7 cm³/mol. The number of hydrogen-bond acceptors (Lipinski definition) is 3. The van der Waals surface area contributed by atoms with Crippen molar-refractivity contribution in [1.29, 1.82) is 0 Å². The third-order valence-electron chi connectivity index (χ3n) is 2.80. The van der Waals surface area contributed by atoms with Gasteiger partial charge in [0.1, 0.15) is 11.8 Å². The van der Waals surface area contributed by atoms with Crippen LogP contribution in [0.2, 0.25) is 0 Å². The number of unbranched alkanes of at least 4 members (excludes halogenated alkanes) is 1. The fraction of sp³-hybridized carbons (Fsp3) is 0.429. The molecule has 0 heterocycles. The lowest BCUT2D eigenvalue weighted by molar-refractivity contribution is -0.139. The highest BCUT2D eigenvalue weighted by Gasteiger charge is 2.20. The first-order valence-electron chi connectivity index (χ1n) is 6.58. The first-order valence-corrected chi connectivity index (χ1v) is 6.58. The van der Waals surface area contributed by atoms with E-state index in [1.165, 1.54) is 12.1 Å². The smallest absolute Gasteiger partial charge is 0.326 e. The number of aromatic hydroxyl groups is 1. The summed E-state index contributed by atoms with van der Waals surface area (Å²) in [6.45, 7) is 2.53. The Morgan fingerprint density at radius 3 is 2.45 bits per heavy atom. The van der Waals surface area contributed by atoms with Crippen LogP contribution in [0.25, 0.3) is 0 Å². The molecular weight excluding hydrogens is 260 g/mol. The average molecular weight is 280 g/mol. The van der Waals surface area contributed by atoms with E-state index in [4.69, 9.17) is 10.2 Å². The van der Waals surface area contributed by atoms with Crippen LogP contribution in [0.1, 0.15) is 25.3 Å². The molecule has 20 heavy (non-hydrogen) atoms. The number of benzene rings is 1.